The highest BCUT2D eigenvalue weighted by atomic mass is 35.5. The molecule has 0 radical (unpaired) electrons. The molecule has 0 bridgehead atoms. The number of carbonyl (C=O) groups is 2. The van der Waals surface area contributed by atoms with Crippen molar-refractivity contribution >= 4 is 23.5 Å². The second-order valence-electron chi connectivity index (χ2n) is 6.87. The number of nitrogens with zero attached hydrogens (tertiary/aromatic N) is 2. The van der Waals surface area contributed by atoms with Crippen LogP contribution in [0, 0.1) is 5.41 Å². The van der Waals surface area contributed by atoms with Gasteiger partial charge in [0.15, 0.2) is 0 Å². The fourth-order valence-electron chi connectivity index (χ4n) is 3.55. The van der Waals surface area contributed by atoms with Gasteiger partial charge in [-0.15, -0.1) is 0 Å². The van der Waals surface area contributed by atoms with Crippen molar-refractivity contribution in [1.29, 1.82) is 0 Å². The second-order valence-corrected chi connectivity index (χ2v) is 7.28. The molecule has 26 heavy (non-hydrogen) atoms. The minimum Gasteiger partial charge on any atom is -0.481 e. The molecule has 1 heterocycles. The summed E-state index contributed by atoms with van der Waals surface area (Å²) in [6.07, 6.45) is 5.60. The molecule has 1 aromatic carbocycles. The van der Waals surface area contributed by atoms with Gasteiger partial charge in [0.05, 0.1) is 16.0 Å². The molecule has 0 aliphatic heterocycles. The number of halogens is 1. The van der Waals surface area contributed by atoms with Gasteiger partial charge in [-0.25, -0.2) is 0 Å². The van der Waals surface area contributed by atoms with Crippen molar-refractivity contribution in [3.63, 3.8) is 0 Å². The Balaban J connectivity index is 1.83. The third-order valence-electron chi connectivity index (χ3n) is 5.05. The van der Waals surface area contributed by atoms with Crippen LogP contribution in [0.2, 0.25) is 5.02 Å². The number of amides is 1. The standard InChI is InChI=1S/C19H22ClN3O3/c1-23-11-14(16(22-23)13-7-3-4-8-15(13)20)17(24)21-12-19(18(25)26)9-5-2-6-10-19/h3-4,7-8,11H,2,5-6,9-10,12H2,1H3,(H,21,24)(H,25,26). The zero-order valence-electron chi connectivity index (χ0n) is 14.7. The Labute approximate surface area is 157 Å². The fourth-order valence-corrected chi connectivity index (χ4v) is 3.77. The van der Waals surface area contributed by atoms with Gasteiger partial charge in [-0.2, -0.15) is 5.10 Å². The van der Waals surface area contributed by atoms with Gasteiger partial charge in [0.25, 0.3) is 5.91 Å². The quantitative estimate of drug-likeness (QED) is 0.837. The van der Waals surface area contributed by atoms with E-state index in [0.29, 0.717) is 34.7 Å². The van der Waals surface area contributed by atoms with Crippen molar-refractivity contribution in [3.05, 3.63) is 41.0 Å². The van der Waals surface area contributed by atoms with Crippen molar-refractivity contribution in [3.8, 4) is 11.3 Å². The minimum absolute atomic E-state index is 0.123. The topological polar surface area (TPSA) is 84.2 Å². The molecule has 2 aromatic rings. The number of carboxylic acids is 1. The maximum absolute atomic E-state index is 12.8. The molecule has 0 saturated heterocycles. The van der Waals surface area contributed by atoms with Gasteiger partial charge in [0.1, 0.15) is 5.69 Å². The fraction of sp³-hybridized carbons (Fsp3) is 0.421. The zero-order valence-corrected chi connectivity index (χ0v) is 15.4. The van der Waals surface area contributed by atoms with Crippen LogP contribution in [0.3, 0.4) is 0 Å². The molecular weight excluding hydrogens is 354 g/mol. The van der Waals surface area contributed by atoms with Crippen molar-refractivity contribution in [2.45, 2.75) is 32.1 Å². The molecule has 1 saturated carbocycles. The van der Waals surface area contributed by atoms with E-state index in [1.165, 1.54) is 0 Å². The van der Waals surface area contributed by atoms with Crippen LogP contribution in [-0.2, 0) is 11.8 Å². The first kappa shape index (κ1) is 18.5. The summed E-state index contributed by atoms with van der Waals surface area (Å²) in [5, 5.41) is 17.4. The summed E-state index contributed by atoms with van der Waals surface area (Å²) < 4.78 is 1.56. The van der Waals surface area contributed by atoms with E-state index in [-0.39, 0.29) is 12.5 Å². The number of benzene rings is 1. The van der Waals surface area contributed by atoms with Crippen LogP contribution in [0.5, 0.6) is 0 Å². The smallest absolute Gasteiger partial charge is 0.311 e. The first-order chi connectivity index (χ1) is 12.4. The predicted octanol–water partition coefficient (Wildman–Crippen LogP) is 3.51. The highest BCUT2D eigenvalue weighted by Gasteiger charge is 2.40. The molecule has 1 fully saturated rings. The van der Waals surface area contributed by atoms with Gasteiger partial charge < -0.3 is 10.4 Å². The highest BCUT2D eigenvalue weighted by Crippen LogP contribution is 2.36. The third-order valence-corrected chi connectivity index (χ3v) is 5.38. The van der Waals surface area contributed by atoms with E-state index in [1.807, 2.05) is 12.1 Å². The molecule has 7 heteroatoms. The molecule has 0 unspecified atom stereocenters. The molecule has 2 N–H and O–H groups in total. The predicted molar refractivity (Wildman–Crippen MR) is 99.1 cm³/mol. The number of carboxylic acid groups (broad SMARTS) is 1. The maximum atomic E-state index is 12.8. The zero-order chi connectivity index (χ0) is 18.7. The number of rotatable bonds is 5. The Kier molecular flexibility index (Phi) is 5.32. The summed E-state index contributed by atoms with van der Waals surface area (Å²) in [4.78, 5) is 24.5. The Bertz CT molecular complexity index is 825. The van der Waals surface area contributed by atoms with Crippen LogP contribution in [0.4, 0.5) is 0 Å². The van der Waals surface area contributed by atoms with Gasteiger partial charge in [0, 0.05) is 25.4 Å². The molecule has 3 rings (SSSR count). The first-order valence-corrected chi connectivity index (χ1v) is 9.11. The number of hydrogen-bond acceptors (Lipinski definition) is 3. The summed E-state index contributed by atoms with van der Waals surface area (Å²) in [5.74, 6) is -1.17. The minimum atomic E-state index is -0.874. The second kappa shape index (κ2) is 7.50. The first-order valence-electron chi connectivity index (χ1n) is 8.73. The SMILES string of the molecule is Cn1cc(C(=O)NCC2(C(=O)O)CCCCC2)c(-c2ccccc2Cl)n1. The van der Waals surface area contributed by atoms with Gasteiger partial charge in [-0.1, -0.05) is 49.1 Å². The molecule has 1 aliphatic carbocycles. The molecule has 1 aliphatic rings. The van der Waals surface area contributed by atoms with E-state index < -0.39 is 11.4 Å². The van der Waals surface area contributed by atoms with Gasteiger partial charge in [-0.3, -0.25) is 14.3 Å². The molecule has 0 atom stereocenters. The molecule has 6 nitrogen and oxygen atoms in total. The van der Waals surface area contributed by atoms with Crippen molar-refractivity contribution < 1.29 is 14.7 Å². The van der Waals surface area contributed by atoms with E-state index in [2.05, 4.69) is 10.4 Å². The van der Waals surface area contributed by atoms with Crippen LogP contribution in [0.1, 0.15) is 42.5 Å². The Hall–Kier alpha value is -2.34. The van der Waals surface area contributed by atoms with E-state index in [4.69, 9.17) is 11.6 Å². The number of aliphatic carboxylic acids is 1. The molecular formula is C19H22ClN3O3. The van der Waals surface area contributed by atoms with Crippen molar-refractivity contribution in [2.24, 2.45) is 12.5 Å². The largest absolute Gasteiger partial charge is 0.481 e. The summed E-state index contributed by atoms with van der Waals surface area (Å²) >= 11 is 6.25. The summed E-state index contributed by atoms with van der Waals surface area (Å²) in [5.41, 5.74) is 0.673. The average Bonchev–Trinajstić information content (AvgIpc) is 3.02. The Morgan fingerprint density at radius 2 is 1.96 bits per heavy atom. The molecule has 1 amide bonds. The maximum Gasteiger partial charge on any atom is 0.311 e. The highest BCUT2D eigenvalue weighted by molar-refractivity contribution is 6.33. The van der Waals surface area contributed by atoms with Gasteiger partial charge in [0.2, 0.25) is 0 Å². The van der Waals surface area contributed by atoms with Crippen LogP contribution in [0.25, 0.3) is 11.3 Å². The monoisotopic (exact) mass is 375 g/mol. The van der Waals surface area contributed by atoms with Crippen LogP contribution < -0.4 is 5.32 Å². The lowest BCUT2D eigenvalue weighted by Crippen LogP contribution is -2.44. The molecule has 0 spiro atoms. The third kappa shape index (κ3) is 3.60. The van der Waals surface area contributed by atoms with Gasteiger partial charge >= 0.3 is 5.97 Å². The number of hydrogen-bond donors (Lipinski definition) is 2. The summed E-state index contributed by atoms with van der Waals surface area (Å²) in [6, 6.07) is 7.20. The lowest BCUT2D eigenvalue weighted by atomic mass is 9.74. The van der Waals surface area contributed by atoms with E-state index in [1.54, 1.807) is 30.1 Å². The summed E-state index contributed by atoms with van der Waals surface area (Å²) in [6.45, 7) is 0.123. The van der Waals surface area contributed by atoms with Gasteiger partial charge in [-0.05, 0) is 18.9 Å². The Morgan fingerprint density at radius 1 is 1.27 bits per heavy atom. The molecule has 138 valence electrons. The lowest BCUT2D eigenvalue weighted by molar-refractivity contribution is -0.150. The average molecular weight is 376 g/mol. The van der Waals surface area contributed by atoms with E-state index in [0.717, 1.165) is 19.3 Å². The number of nitrogens with one attached hydrogen (secondary N) is 1. The Morgan fingerprint density at radius 3 is 2.62 bits per heavy atom. The van der Waals surface area contributed by atoms with Crippen molar-refractivity contribution in [2.75, 3.05) is 6.54 Å². The van der Waals surface area contributed by atoms with Crippen molar-refractivity contribution in [1.82, 2.24) is 15.1 Å². The van der Waals surface area contributed by atoms with E-state index in [9.17, 15) is 14.7 Å². The lowest BCUT2D eigenvalue weighted by Gasteiger charge is -2.33. The normalized spacial score (nSPS) is 16.2. The van der Waals surface area contributed by atoms with E-state index >= 15 is 0 Å². The summed E-state index contributed by atoms with van der Waals surface area (Å²) in [7, 11) is 1.73. The van der Waals surface area contributed by atoms with Crippen LogP contribution in [-0.4, -0.2) is 33.3 Å². The molecule has 1 aromatic heterocycles. The number of aromatic nitrogens is 2. The van der Waals surface area contributed by atoms with Crippen LogP contribution in [0.15, 0.2) is 30.5 Å². The van der Waals surface area contributed by atoms with Crippen LogP contribution >= 0.6 is 11.6 Å². The number of carbonyl (C=O) groups excluding carboxylic acids is 1. The number of aryl methyl sites for hydroxylation is 1.